The average Bonchev–Trinajstić information content (AvgIpc) is 2.70. The third-order valence-corrected chi connectivity index (χ3v) is 4.98. The number of hydrogen-bond acceptors (Lipinski definition) is 4. The van der Waals surface area contributed by atoms with Gasteiger partial charge in [-0.25, -0.2) is 21.6 Å². The molecular weight excluding hydrogens is 315 g/mol. The molecule has 0 radical (unpaired) electrons. The van der Waals surface area contributed by atoms with Gasteiger partial charge in [0.25, 0.3) is 0 Å². The highest BCUT2D eigenvalue weighted by atomic mass is 32.2. The molecule has 6 nitrogen and oxygen atoms in total. The molecule has 1 aliphatic heterocycles. The maximum absolute atomic E-state index is 13.6. The van der Waals surface area contributed by atoms with Crippen LogP contribution in [0.1, 0.15) is 6.42 Å². The Morgan fingerprint density at radius 1 is 1.24 bits per heavy atom. The van der Waals surface area contributed by atoms with Crippen molar-refractivity contribution in [1.82, 2.24) is 4.31 Å². The van der Waals surface area contributed by atoms with Gasteiger partial charge in [-0.2, -0.15) is 4.31 Å². The van der Waals surface area contributed by atoms with Gasteiger partial charge in [0.2, 0.25) is 10.0 Å². The van der Waals surface area contributed by atoms with Gasteiger partial charge in [0.15, 0.2) is 4.90 Å². The first-order valence-electron chi connectivity index (χ1n) is 5.72. The van der Waals surface area contributed by atoms with Crippen molar-refractivity contribution in [3.05, 3.63) is 29.6 Å². The van der Waals surface area contributed by atoms with Crippen LogP contribution in [-0.4, -0.2) is 47.6 Å². The van der Waals surface area contributed by atoms with Crippen molar-refractivity contribution in [3.8, 4) is 0 Å². The second-order valence-corrected chi connectivity index (χ2v) is 6.34. The first-order valence-corrected chi connectivity index (χ1v) is 7.16. The summed E-state index contributed by atoms with van der Waals surface area (Å²) in [7, 11) is -4.87. The van der Waals surface area contributed by atoms with Crippen LogP contribution in [0, 0.1) is 17.5 Å². The van der Waals surface area contributed by atoms with Crippen LogP contribution >= 0.6 is 0 Å². The first-order chi connectivity index (χ1) is 9.64. The zero-order chi connectivity index (χ0) is 15.9. The maximum Gasteiger partial charge on any atom is 0.322 e. The molecule has 10 heteroatoms. The van der Waals surface area contributed by atoms with Gasteiger partial charge in [0, 0.05) is 25.1 Å². The molecule has 0 aliphatic carbocycles. The molecule has 0 spiro atoms. The Bertz CT molecular complexity index is 670. The summed E-state index contributed by atoms with van der Waals surface area (Å²) in [5.41, 5.74) is 0. The molecule has 1 heterocycles. The third kappa shape index (κ3) is 2.74. The topological polar surface area (TPSA) is 94.9 Å². The number of carbonyl (C=O) groups is 1. The Hall–Kier alpha value is -1.65. The number of carboxylic acids is 1. The van der Waals surface area contributed by atoms with Crippen LogP contribution < -0.4 is 0 Å². The van der Waals surface area contributed by atoms with Crippen LogP contribution in [0.15, 0.2) is 17.0 Å². The number of rotatable bonds is 3. The molecular formula is C11H10F3NO5S. The lowest BCUT2D eigenvalue weighted by atomic mass is 10.2. The summed E-state index contributed by atoms with van der Waals surface area (Å²) in [5.74, 6) is -6.20. The molecule has 1 fully saturated rings. The molecule has 0 amide bonds. The summed E-state index contributed by atoms with van der Waals surface area (Å²) in [5, 5.41) is 18.3. The van der Waals surface area contributed by atoms with Gasteiger partial charge in [0.1, 0.15) is 23.5 Å². The Morgan fingerprint density at radius 2 is 1.76 bits per heavy atom. The third-order valence-electron chi connectivity index (χ3n) is 3.05. The van der Waals surface area contributed by atoms with E-state index in [4.69, 9.17) is 5.11 Å². The number of aliphatic hydroxyl groups is 1. The van der Waals surface area contributed by atoms with Crippen molar-refractivity contribution < 1.29 is 36.6 Å². The van der Waals surface area contributed by atoms with Gasteiger partial charge in [-0.05, 0) is 0 Å². The Morgan fingerprint density at radius 3 is 2.24 bits per heavy atom. The Labute approximate surface area is 117 Å². The highest BCUT2D eigenvalue weighted by molar-refractivity contribution is 7.89. The number of nitrogens with zero attached hydrogens (tertiary/aromatic N) is 1. The standard InChI is InChI=1S/C11H10F3NO5S/c12-5-1-7(13)10(8(14)2-5)21(19,20)15-4-6(16)3-9(15)11(17)18/h1-2,6,9,16H,3-4H2,(H,17,18)/t6-,9+/m1/s1. The van der Waals surface area contributed by atoms with Gasteiger partial charge in [-0.3, -0.25) is 4.79 Å². The lowest BCUT2D eigenvalue weighted by Crippen LogP contribution is -2.41. The number of aliphatic hydroxyl groups excluding tert-OH is 1. The van der Waals surface area contributed by atoms with E-state index in [1.807, 2.05) is 0 Å². The van der Waals surface area contributed by atoms with Crippen LogP contribution in [0.25, 0.3) is 0 Å². The van der Waals surface area contributed by atoms with E-state index in [2.05, 4.69) is 0 Å². The van der Waals surface area contributed by atoms with Crippen molar-refractivity contribution in [1.29, 1.82) is 0 Å². The van der Waals surface area contributed by atoms with Gasteiger partial charge in [-0.15, -0.1) is 0 Å². The number of β-amino-alcohol motifs (C(OH)–C–C–N with tert-alkyl or cyclic N) is 1. The molecule has 2 rings (SSSR count). The van der Waals surface area contributed by atoms with Crippen LogP contribution in [0.2, 0.25) is 0 Å². The molecule has 0 aromatic heterocycles. The summed E-state index contributed by atoms with van der Waals surface area (Å²) in [6, 6.07) is -1.29. The lowest BCUT2D eigenvalue weighted by Gasteiger charge is -2.21. The molecule has 0 saturated carbocycles. The molecule has 1 aromatic rings. The van der Waals surface area contributed by atoms with Crippen molar-refractivity contribution in [3.63, 3.8) is 0 Å². The van der Waals surface area contributed by atoms with E-state index in [0.717, 1.165) is 0 Å². The van der Waals surface area contributed by atoms with Crippen molar-refractivity contribution in [2.24, 2.45) is 0 Å². The van der Waals surface area contributed by atoms with E-state index >= 15 is 0 Å². The van der Waals surface area contributed by atoms with Gasteiger partial charge in [0.05, 0.1) is 6.10 Å². The molecule has 0 bridgehead atoms. The number of halogens is 3. The van der Waals surface area contributed by atoms with Crippen molar-refractivity contribution in [2.45, 2.75) is 23.5 Å². The van der Waals surface area contributed by atoms with E-state index in [-0.39, 0.29) is 12.1 Å². The highest BCUT2D eigenvalue weighted by Gasteiger charge is 2.45. The molecule has 1 aromatic carbocycles. The zero-order valence-corrected chi connectivity index (χ0v) is 11.1. The molecule has 2 atom stereocenters. The second kappa shape index (κ2) is 5.28. The smallest absolute Gasteiger partial charge is 0.322 e. The van der Waals surface area contributed by atoms with E-state index in [9.17, 15) is 31.5 Å². The fraction of sp³-hybridized carbons (Fsp3) is 0.364. The Kier molecular flexibility index (Phi) is 3.95. The molecule has 2 N–H and O–H groups in total. The number of hydrogen-bond donors (Lipinski definition) is 2. The molecule has 0 unspecified atom stereocenters. The van der Waals surface area contributed by atoms with E-state index in [1.165, 1.54) is 0 Å². The molecule has 116 valence electrons. The summed E-state index contributed by atoms with van der Waals surface area (Å²) < 4.78 is 64.7. The van der Waals surface area contributed by atoms with Crippen LogP contribution in [0.5, 0.6) is 0 Å². The van der Waals surface area contributed by atoms with Crippen LogP contribution in [-0.2, 0) is 14.8 Å². The van der Waals surface area contributed by atoms with Crippen LogP contribution in [0.4, 0.5) is 13.2 Å². The minimum atomic E-state index is -4.87. The SMILES string of the molecule is O=C(O)[C@@H]1C[C@@H](O)CN1S(=O)(=O)c1c(F)cc(F)cc1F. The van der Waals surface area contributed by atoms with Crippen molar-refractivity contribution >= 4 is 16.0 Å². The summed E-state index contributed by atoms with van der Waals surface area (Å²) >= 11 is 0. The van der Waals surface area contributed by atoms with Gasteiger partial charge < -0.3 is 10.2 Å². The lowest BCUT2D eigenvalue weighted by molar-refractivity contribution is -0.140. The molecule has 21 heavy (non-hydrogen) atoms. The summed E-state index contributed by atoms with van der Waals surface area (Å²) in [6.07, 6.45) is -1.67. The largest absolute Gasteiger partial charge is 0.480 e. The fourth-order valence-electron chi connectivity index (χ4n) is 2.17. The van der Waals surface area contributed by atoms with E-state index in [1.54, 1.807) is 0 Å². The normalized spacial score (nSPS) is 23.4. The highest BCUT2D eigenvalue weighted by Crippen LogP contribution is 2.30. The predicted molar refractivity (Wildman–Crippen MR) is 62.3 cm³/mol. The predicted octanol–water partition coefficient (Wildman–Crippen LogP) is 0.312. The first kappa shape index (κ1) is 15.7. The fourth-order valence-corrected chi connectivity index (χ4v) is 3.89. The van der Waals surface area contributed by atoms with Crippen LogP contribution in [0.3, 0.4) is 0 Å². The minimum absolute atomic E-state index is 0.179. The number of aliphatic carboxylic acids is 1. The van der Waals surface area contributed by atoms with Crippen molar-refractivity contribution in [2.75, 3.05) is 6.54 Å². The van der Waals surface area contributed by atoms with Gasteiger partial charge >= 0.3 is 5.97 Å². The Balaban J connectivity index is 2.55. The second-order valence-electron chi connectivity index (χ2n) is 4.52. The summed E-state index contributed by atoms with van der Waals surface area (Å²) in [6.45, 7) is -0.616. The molecule has 1 saturated heterocycles. The number of carboxylic acid groups (broad SMARTS) is 1. The average molecular weight is 325 g/mol. The number of benzene rings is 1. The maximum atomic E-state index is 13.6. The minimum Gasteiger partial charge on any atom is -0.480 e. The quantitative estimate of drug-likeness (QED) is 0.834. The number of sulfonamides is 1. The van der Waals surface area contributed by atoms with E-state index in [0.29, 0.717) is 4.31 Å². The molecule has 1 aliphatic rings. The zero-order valence-electron chi connectivity index (χ0n) is 10.3. The monoisotopic (exact) mass is 325 g/mol. The summed E-state index contributed by atoms with van der Waals surface area (Å²) in [4.78, 5) is 9.55. The van der Waals surface area contributed by atoms with E-state index < -0.39 is 63.5 Å². The van der Waals surface area contributed by atoms with Gasteiger partial charge in [-0.1, -0.05) is 0 Å².